The van der Waals surface area contributed by atoms with Crippen LogP contribution in [0.5, 0.6) is 5.75 Å². The van der Waals surface area contributed by atoms with Crippen molar-refractivity contribution in [3.8, 4) is 5.75 Å². The van der Waals surface area contributed by atoms with E-state index in [-0.39, 0.29) is 12.0 Å². The molecule has 0 saturated carbocycles. The second-order valence-electron chi connectivity index (χ2n) is 7.02. The molecule has 0 aliphatic carbocycles. The maximum Gasteiger partial charge on any atom is 0.306 e. The summed E-state index contributed by atoms with van der Waals surface area (Å²) in [5.74, 6) is -0.125. The van der Waals surface area contributed by atoms with Crippen molar-refractivity contribution in [2.24, 2.45) is 5.92 Å². The van der Waals surface area contributed by atoms with Crippen LogP contribution in [0.4, 0.5) is 0 Å². The summed E-state index contributed by atoms with van der Waals surface area (Å²) >= 11 is 6.34. The van der Waals surface area contributed by atoms with Gasteiger partial charge in [0.2, 0.25) is 0 Å². The Labute approximate surface area is 165 Å². The first kappa shape index (κ1) is 19.7. The van der Waals surface area contributed by atoms with E-state index < -0.39 is 5.97 Å². The lowest BCUT2D eigenvalue weighted by molar-refractivity contribution is -0.143. The normalized spacial score (nSPS) is 16.9. The number of hydrogen-bond acceptors (Lipinski definition) is 3. The smallest absolute Gasteiger partial charge is 0.306 e. The van der Waals surface area contributed by atoms with Crippen LogP contribution in [0.15, 0.2) is 42.5 Å². The van der Waals surface area contributed by atoms with Crippen molar-refractivity contribution in [2.75, 3.05) is 19.7 Å². The molecule has 1 heterocycles. The topological polar surface area (TPSA) is 49.8 Å². The summed E-state index contributed by atoms with van der Waals surface area (Å²) in [4.78, 5) is 13.7. The molecule has 0 radical (unpaired) electrons. The Kier molecular flexibility index (Phi) is 6.40. The van der Waals surface area contributed by atoms with E-state index in [4.69, 9.17) is 16.3 Å². The van der Waals surface area contributed by atoms with Crippen LogP contribution >= 0.6 is 11.6 Å². The molecule has 1 N–H and O–H groups in total. The minimum absolute atomic E-state index is 0.0128. The van der Waals surface area contributed by atoms with Gasteiger partial charge in [0.05, 0.1) is 18.6 Å². The van der Waals surface area contributed by atoms with Gasteiger partial charge in [-0.25, -0.2) is 0 Å². The average molecular weight is 388 g/mol. The summed E-state index contributed by atoms with van der Waals surface area (Å²) in [6, 6.07) is 14.1. The molecule has 0 aromatic heterocycles. The number of carboxylic acid groups (broad SMARTS) is 1. The van der Waals surface area contributed by atoms with Gasteiger partial charge in [0.15, 0.2) is 0 Å². The fraction of sp³-hybridized carbons (Fsp3) is 0.409. The molecule has 1 aliphatic rings. The third-order valence-electron chi connectivity index (χ3n) is 5.29. The number of likely N-dealkylation sites (tertiary alicyclic amines) is 1. The minimum atomic E-state index is -0.695. The first-order chi connectivity index (χ1) is 13.0. The summed E-state index contributed by atoms with van der Waals surface area (Å²) in [5, 5.41) is 10.0. The number of aliphatic carboxylic acids is 1. The second-order valence-corrected chi connectivity index (χ2v) is 7.46. The first-order valence-electron chi connectivity index (χ1n) is 9.46. The number of aryl methyl sites for hydroxylation is 1. The molecular weight excluding hydrogens is 362 g/mol. The van der Waals surface area contributed by atoms with Crippen molar-refractivity contribution >= 4 is 17.6 Å². The Morgan fingerprint density at radius 3 is 2.56 bits per heavy atom. The molecule has 1 saturated heterocycles. The molecule has 1 aliphatic heterocycles. The highest BCUT2D eigenvalue weighted by Crippen LogP contribution is 2.39. The summed E-state index contributed by atoms with van der Waals surface area (Å²) in [6.07, 6.45) is 1.31. The molecule has 1 atom stereocenters. The Hall–Kier alpha value is -2.04. The molecule has 4 nitrogen and oxygen atoms in total. The molecule has 2 aromatic carbocycles. The highest BCUT2D eigenvalue weighted by molar-refractivity contribution is 6.30. The van der Waals surface area contributed by atoms with E-state index in [0.717, 1.165) is 24.4 Å². The number of halogens is 1. The lowest BCUT2D eigenvalue weighted by Gasteiger charge is -2.38. The fourth-order valence-electron chi connectivity index (χ4n) is 3.88. The van der Waals surface area contributed by atoms with Crippen molar-refractivity contribution in [3.63, 3.8) is 0 Å². The van der Waals surface area contributed by atoms with Crippen LogP contribution in [0.25, 0.3) is 0 Å². The van der Waals surface area contributed by atoms with E-state index in [1.165, 1.54) is 11.1 Å². The molecule has 1 fully saturated rings. The third kappa shape index (κ3) is 4.45. The van der Waals surface area contributed by atoms with Crippen molar-refractivity contribution in [3.05, 3.63) is 64.2 Å². The van der Waals surface area contributed by atoms with E-state index in [2.05, 4.69) is 24.0 Å². The number of carboxylic acids is 1. The van der Waals surface area contributed by atoms with Gasteiger partial charge in [0.1, 0.15) is 5.75 Å². The predicted octanol–water partition coefficient (Wildman–Crippen LogP) is 4.93. The van der Waals surface area contributed by atoms with Crippen molar-refractivity contribution in [1.29, 1.82) is 0 Å². The number of nitrogens with zero attached hydrogens (tertiary/aromatic N) is 1. The Bertz CT molecular complexity index is 800. The molecular formula is C22H26ClNO3. The maximum atomic E-state index is 11.4. The number of ether oxygens (including phenoxy) is 1. The van der Waals surface area contributed by atoms with Crippen LogP contribution in [0.3, 0.4) is 0 Å². The van der Waals surface area contributed by atoms with E-state index in [1.54, 1.807) is 0 Å². The van der Waals surface area contributed by atoms with E-state index >= 15 is 0 Å². The number of piperidine rings is 1. The van der Waals surface area contributed by atoms with Crippen LogP contribution in [-0.2, 0) is 4.79 Å². The number of rotatable bonds is 6. The van der Waals surface area contributed by atoms with Crippen LogP contribution in [0.2, 0.25) is 5.02 Å². The monoisotopic (exact) mass is 387 g/mol. The molecule has 27 heavy (non-hydrogen) atoms. The molecule has 1 unspecified atom stereocenters. The summed E-state index contributed by atoms with van der Waals surface area (Å²) < 4.78 is 5.91. The summed E-state index contributed by atoms with van der Waals surface area (Å²) in [7, 11) is 0. The van der Waals surface area contributed by atoms with Crippen LogP contribution in [0, 0.1) is 12.8 Å². The summed E-state index contributed by atoms with van der Waals surface area (Å²) in [5.41, 5.74) is 3.44. The van der Waals surface area contributed by atoms with Gasteiger partial charge in [-0.05, 0) is 69.1 Å². The Morgan fingerprint density at radius 2 is 1.93 bits per heavy atom. The quantitative estimate of drug-likeness (QED) is 0.763. The highest BCUT2D eigenvalue weighted by atomic mass is 35.5. The molecule has 0 bridgehead atoms. The van der Waals surface area contributed by atoms with Crippen LogP contribution in [0.1, 0.15) is 42.5 Å². The van der Waals surface area contributed by atoms with E-state index in [9.17, 15) is 9.90 Å². The predicted molar refractivity (Wildman–Crippen MR) is 108 cm³/mol. The van der Waals surface area contributed by atoms with Crippen molar-refractivity contribution < 1.29 is 14.6 Å². The lowest BCUT2D eigenvalue weighted by atomic mass is 9.89. The van der Waals surface area contributed by atoms with Gasteiger partial charge >= 0.3 is 5.97 Å². The molecule has 0 spiro atoms. The largest absolute Gasteiger partial charge is 0.494 e. The van der Waals surface area contributed by atoms with Gasteiger partial charge in [0, 0.05) is 10.6 Å². The number of hydrogen-bond donors (Lipinski definition) is 1. The highest BCUT2D eigenvalue weighted by Gasteiger charge is 2.32. The zero-order valence-electron chi connectivity index (χ0n) is 15.8. The van der Waals surface area contributed by atoms with Gasteiger partial charge < -0.3 is 9.84 Å². The molecule has 2 aromatic rings. The number of carbonyl (C=O) groups is 1. The van der Waals surface area contributed by atoms with Crippen molar-refractivity contribution in [1.82, 2.24) is 4.90 Å². The van der Waals surface area contributed by atoms with Gasteiger partial charge in [-0.1, -0.05) is 35.9 Å². The first-order valence-corrected chi connectivity index (χ1v) is 9.83. The fourth-order valence-corrected chi connectivity index (χ4v) is 4.06. The molecule has 5 heteroatoms. The van der Waals surface area contributed by atoms with Crippen LogP contribution in [-0.4, -0.2) is 35.7 Å². The minimum Gasteiger partial charge on any atom is -0.494 e. The van der Waals surface area contributed by atoms with Gasteiger partial charge in [-0.15, -0.1) is 0 Å². The number of benzene rings is 2. The van der Waals surface area contributed by atoms with Gasteiger partial charge in [0.25, 0.3) is 0 Å². The zero-order valence-corrected chi connectivity index (χ0v) is 16.6. The summed E-state index contributed by atoms with van der Waals surface area (Å²) in [6.45, 7) is 6.12. The molecule has 3 rings (SSSR count). The molecule has 144 valence electrons. The van der Waals surface area contributed by atoms with Gasteiger partial charge in [-0.2, -0.15) is 0 Å². The third-order valence-corrected chi connectivity index (χ3v) is 5.53. The second kappa shape index (κ2) is 8.77. The van der Waals surface area contributed by atoms with Gasteiger partial charge in [-0.3, -0.25) is 9.69 Å². The Morgan fingerprint density at radius 1 is 1.22 bits per heavy atom. The molecule has 0 amide bonds. The SMILES string of the molecule is CCOc1ccc(Cl)cc1C(c1ccccc1C)N1CCC(C(=O)O)CC1. The van der Waals surface area contributed by atoms with Crippen LogP contribution < -0.4 is 4.74 Å². The Balaban J connectivity index is 2.03. The van der Waals surface area contributed by atoms with E-state index in [1.807, 2.05) is 37.3 Å². The lowest BCUT2D eigenvalue weighted by Crippen LogP contribution is -2.39. The standard InChI is InChI=1S/C22H26ClNO3/c1-3-27-20-9-8-17(23)14-19(20)21(18-7-5-4-6-15(18)2)24-12-10-16(11-13-24)22(25)26/h4-9,14,16,21H,3,10-13H2,1-2H3,(H,25,26). The van der Waals surface area contributed by atoms with E-state index in [0.29, 0.717) is 24.5 Å². The van der Waals surface area contributed by atoms with Crippen molar-refractivity contribution in [2.45, 2.75) is 32.7 Å². The average Bonchev–Trinajstić information content (AvgIpc) is 2.66. The zero-order chi connectivity index (χ0) is 19.4. The maximum absolute atomic E-state index is 11.4.